The number of aromatic nitrogens is 1. The van der Waals surface area contributed by atoms with Crippen LogP contribution in [0.4, 0.5) is 0 Å². The average molecular weight is 230 g/mol. The van der Waals surface area contributed by atoms with E-state index in [1.165, 1.54) is 18.3 Å². The summed E-state index contributed by atoms with van der Waals surface area (Å²) >= 11 is 0.978. The number of sulfonamides is 1. The first-order chi connectivity index (χ1) is 6.47. The fourth-order valence-corrected chi connectivity index (χ4v) is 2.75. The van der Waals surface area contributed by atoms with Crippen molar-refractivity contribution in [1.82, 2.24) is 4.98 Å². The van der Waals surface area contributed by atoms with Gasteiger partial charge < -0.3 is 5.11 Å². The Labute approximate surface area is 83.9 Å². The SMILES string of the molecule is NS(=O)(=O)c1cc2cc(O)cnc2s1. The second-order valence-electron chi connectivity index (χ2n) is 2.70. The Hall–Kier alpha value is -1.18. The largest absolute Gasteiger partial charge is 0.506 e. The maximum absolute atomic E-state index is 11.0. The number of nitrogens with zero attached hydrogens (tertiary/aromatic N) is 1. The lowest BCUT2D eigenvalue weighted by Crippen LogP contribution is -2.09. The van der Waals surface area contributed by atoms with E-state index in [0.717, 1.165) is 11.3 Å². The van der Waals surface area contributed by atoms with E-state index in [-0.39, 0.29) is 9.96 Å². The third kappa shape index (κ3) is 1.57. The van der Waals surface area contributed by atoms with Crippen molar-refractivity contribution >= 4 is 31.6 Å². The second kappa shape index (κ2) is 2.91. The molecule has 7 heteroatoms. The van der Waals surface area contributed by atoms with Gasteiger partial charge in [0.15, 0.2) is 0 Å². The summed E-state index contributed by atoms with van der Waals surface area (Å²) in [4.78, 5) is 4.40. The molecule has 0 saturated carbocycles. The van der Waals surface area contributed by atoms with Gasteiger partial charge in [0.2, 0.25) is 10.0 Å². The van der Waals surface area contributed by atoms with E-state index in [2.05, 4.69) is 4.98 Å². The maximum Gasteiger partial charge on any atom is 0.247 e. The van der Waals surface area contributed by atoms with Crippen molar-refractivity contribution in [2.75, 3.05) is 0 Å². The van der Waals surface area contributed by atoms with Crippen LogP contribution in [-0.2, 0) is 10.0 Å². The van der Waals surface area contributed by atoms with E-state index in [0.29, 0.717) is 10.2 Å². The number of fused-ring (bicyclic) bond motifs is 1. The van der Waals surface area contributed by atoms with Gasteiger partial charge in [-0.2, -0.15) is 0 Å². The summed E-state index contributed by atoms with van der Waals surface area (Å²) in [6.45, 7) is 0. The molecule has 0 aliphatic rings. The minimum atomic E-state index is -3.68. The number of primary sulfonamides is 1. The Balaban J connectivity index is 2.75. The molecule has 2 rings (SSSR count). The minimum Gasteiger partial charge on any atom is -0.506 e. The molecule has 0 amide bonds. The Kier molecular flexibility index (Phi) is 1.95. The quantitative estimate of drug-likeness (QED) is 0.752. The molecule has 2 aromatic heterocycles. The summed E-state index contributed by atoms with van der Waals surface area (Å²) in [6, 6.07) is 2.83. The molecule has 0 aliphatic heterocycles. The third-order valence-corrected chi connectivity index (χ3v) is 4.09. The predicted octanol–water partition coefficient (Wildman–Crippen LogP) is 0.649. The van der Waals surface area contributed by atoms with E-state index in [1.807, 2.05) is 0 Å². The molecule has 0 unspecified atom stereocenters. The highest BCUT2D eigenvalue weighted by Crippen LogP contribution is 2.28. The van der Waals surface area contributed by atoms with Crippen LogP contribution in [0.1, 0.15) is 0 Å². The minimum absolute atomic E-state index is 0.00345. The molecule has 0 bridgehead atoms. The molecule has 2 aromatic rings. The number of hydrogen-bond donors (Lipinski definition) is 2. The summed E-state index contributed by atoms with van der Waals surface area (Å²) in [7, 11) is -3.68. The van der Waals surface area contributed by atoms with Gasteiger partial charge in [0, 0.05) is 5.39 Å². The lowest BCUT2D eigenvalue weighted by atomic mass is 10.3. The summed E-state index contributed by atoms with van der Waals surface area (Å²) in [5.41, 5.74) is 0. The maximum atomic E-state index is 11.0. The van der Waals surface area contributed by atoms with E-state index < -0.39 is 10.0 Å². The number of thiophene rings is 1. The molecule has 0 aliphatic carbocycles. The third-order valence-electron chi connectivity index (χ3n) is 1.62. The van der Waals surface area contributed by atoms with E-state index in [9.17, 15) is 8.42 Å². The van der Waals surface area contributed by atoms with Gasteiger partial charge in [-0.05, 0) is 12.1 Å². The standard InChI is InChI=1S/C7H6N2O3S2/c8-14(11,12)6-2-4-1-5(10)3-9-7(4)13-6/h1-3,10H,(H2,8,11,12). The van der Waals surface area contributed by atoms with Crippen molar-refractivity contribution in [2.45, 2.75) is 4.21 Å². The van der Waals surface area contributed by atoms with Crippen LogP contribution in [0.15, 0.2) is 22.5 Å². The normalized spacial score (nSPS) is 12.1. The van der Waals surface area contributed by atoms with Crippen molar-refractivity contribution in [3.63, 3.8) is 0 Å². The molecule has 5 nitrogen and oxygen atoms in total. The molecule has 0 saturated heterocycles. The van der Waals surface area contributed by atoms with E-state index in [4.69, 9.17) is 10.2 Å². The van der Waals surface area contributed by atoms with Crippen LogP contribution in [0.25, 0.3) is 10.2 Å². The molecule has 0 aromatic carbocycles. The van der Waals surface area contributed by atoms with Gasteiger partial charge in [0.25, 0.3) is 0 Å². The Morgan fingerprint density at radius 3 is 2.79 bits per heavy atom. The fourth-order valence-electron chi connectivity index (χ4n) is 1.04. The van der Waals surface area contributed by atoms with Crippen LogP contribution in [0.3, 0.4) is 0 Å². The second-order valence-corrected chi connectivity index (χ2v) is 5.52. The van der Waals surface area contributed by atoms with Crippen molar-refractivity contribution in [1.29, 1.82) is 0 Å². The number of pyridine rings is 1. The Morgan fingerprint density at radius 1 is 1.43 bits per heavy atom. The van der Waals surface area contributed by atoms with Gasteiger partial charge in [0.05, 0.1) is 6.20 Å². The summed E-state index contributed by atoms with van der Waals surface area (Å²) in [6.07, 6.45) is 1.26. The van der Waals surface area contributed by atoms with Crippen LogP contribution in [0, 0.1) is 0 Å². The number of rotatable bonds is 1. The average Bonchev–Trinajstić information content (AvgIpc) is 2.45. The lowest BCUT2D eigenvalue weighted by molar-refractivity contribution is 0.474. The van der Waals surface area contributed by atoms with Crippen molar-refractivity contribution in [2.24, 2.45) is 5.14 Å². The Bertz CT molecular complexity index is 588. The first-order valence-electron chi connectivity index (χ1n) is 3.58. The zero-order chi connectivity index (χ0) is 10.3. The molecule has 0 radical (unpaired) electrons. The monoisotopic (exact) mass is 230 g/mol. The molecule has 14 heavy (non-hydrogen) atoms. The van der Waals surface area contributed by atoms with E-state index >= 15 is 0 Å². The first kappa shape index (κ1) is 9.38. The van der Waals surface area contributed by atoms with Gasteiger partial charge >= 0.3 is 0 Å². The zero-order valence-corrected chi connectivity index (χ0v) is 8.47. The van der Waals surface area contributed by atoms with E-state index in [1.54, 1.807) is 0 Å². The van der Waals surface area contributed by atoms with Crippen molar-refractivity contribution < 1.29 is 13.5 Å². The molecule has 0 fully saturated rings. The number of hydrogen-bond acceptors (Lipinski definition) is 5. The Morgan fingerprint density at radius 2 is 2.14 bits per heavy atom. The molecule has 3 N–H and O–H groups in total. The highest BCUT2D eigenvalue weighted by molar-refractivity contribution is 7.91. The van der Waals surface area contributed by atoms with Gasteiger partial charge in [-0.15, -0.1) is 11.3 Å². The highest BCUT2D eigenvalue weighted by Gasteiger charge is 2.12. The fraction of sp³-hybridized carbons (Fsp3) is 0. The predicted molar refractivity (Wildman–Crippen MR) is 52.7 cm³/mol. The molecule has 74 valence electrons. The van der Waals surface area contributed by atoms with Gasteiger partial charge in [-0.3, -0.25) is 0 Å². The number of nitrogens with two attached hydrogens (primary N) is 1. The van der Waals surface area contributed by atoms with Crippen LogP contribution < -0.4 is 5.14 Å². The molecule has 0 atom stereocenters. The first-order valence-corrected chi connectivity index (χ1v) is 5.94. The zero-order valence-electron chi connectivity index (χ0n) is 6.84. The van der Waals surface area contributed by atoms with Gasteiger partial charge in [0.1, 0.15) is 14.8 Å². The van der Waals surface area contributed by atoms with Crippen LogP contribution in [-0.4, -0.2) is 18.5 Å². The van der Waals surface area contributed by atoms with Gasteiger partial charge in [-0.1, -0.05) is 0 Å². The van der Waals surface area contributed by atoms with Crippen molar-refractivity contribution in [3.8, 4) is 5.75 Å². The lowest BCUT2D eigenvalue weighted by Gasteiger charge is -1.88. The smallest absolute Gasteiger partial charge is 0.247 e. The van der Waals surface area contributed by atoms with Crippen molar-refractivity contribution in [3.05, 3.63) is 18.3 Å². The molecule has 2 heterocycles. The van der Waals surface area contributed by atoms with Crippen LogP contribution >= 0.6 is 11.3 Å². The number of aromatic hydroxyl groups is 1. The topological polar surface area (TPSA) is 93.3 Å². The highest BCUT2D eigenvalue weighted by atomic mass is 32.2. The molecular formula is C7H6N2O3S2. The van der Waals surface area contributed by atoms with Crippen LogP contribution in [0.5, 0.6) is 5.75 Å². The summed E-state index contributed by atoms with van der Waals surface area (Å²) < 4.78 is 22.0. The van der Waals surface area contributed by atoms with Crippen LogP contribution in [0.2, 0.25) is 0 Å². The molecule has 0 spiro atoms. The van der Waals surface area contributed by atoms with Gasteiger partial charge in [-0.25, -0.2) is 18.5 Å². The molecular weight excluding hydrogens is 224 g/mol. The summed E-state index contributed by atoms with van der Waals surface area (Å²) in [5, 5.41) is 14.6. The summed E-state index contributed by atoms with van der Waals surface area (Å²) in [5.74, 6) is -0.00345.